The molecule has 4 nitrogen and oxygen atoms in total. The molecule has 0 saturated carbocycles. The van der Waals surface area contributed by atoms with Crippen LogP contribution in [0.1, 0.15) is 15.9 Å². The molecule has 1 amide bonds. The fourth-order valence-electron chi connectivity index (χ4n) is 2.28. The Bertz CT molecular complexity index is 889. The number of nitrogens with two attached hydrogens (primary N) is 1. The summed E-state index contributed by atoms with van der Waals surface area (Å²) in [5.41, 5.74) is 6.61. The first-order valence-corrected chi connectivity index (χ1v) is 9.14. The van der Waals surface area contributed by atoms with Crippen molar-refractivity contribution in [3.8, 4) is 0 Å². The van der Waals surface area contributed by atoms with Crippen molar-refractivity contribution in [1.29, 1.82) is 0 Å². The van der Waals surface area contributed by atoms with Crippen LogP contribution in [0.25, 0.3) is 10.1 Å². The zero-order valence-corrected chi connectivity index (χ0v) is 14.4. The standard InChI is InChI=1S/C18H15NO3S2/c19-17(20)11-24-16-8-4-2-6-14(16)18(21)22-9-12-10-23-15-7-3-1-5-13(12)15/h1-8,10H,9,11H2,(H2,19,20). The van der Waals surface area contributed by atoms with Crippen LogP contribution in [-0.2, 0) is 16.1 Å². The highest BCUT2D eigenvalue weighted by Crippen LogP contribution is 2.27. The summed E-state index contributed by atoms with van der Waals surface area (Å²) in [5, 5.41) is 3.11. The molecule has 122 valence electrons. The molecule has 3 rings (SSSR count). The van der Waals surface area contributed by atoms with Gasteiger partial charge in [0.2, 0.25) is 5.91 Å². The van der Waals surface area contributed by atoms with Gasteiger partial charge in [0.25, 0.3) is 0 Å². The quantitative estimate of drug-likeness (QED) is 0.538. The highest BCUT2D eigenvalue weighted by molar-refractivity contribution is 8.00. The van der Waals surface area contributed by atoms with Gasteiger partial charge in [-0.05, 0) is 29.0 Å². The largest absolute Gasteiger partial charge is 0.457 e. The highest BCUT2D eigenvalue weighted by Gasteiger charge is 2.14. The fraction of sp³-hybridized carbons (Fsp3) is 0.111. The third kappa shape index (κ3) is 3.77. The number of primary amides is 1. The van der Waals surface area contributed by atoms with E-state index in [1.165, 1.54) is 16.5 Å². The monoisotopic (exact) mass is 357 g/mol. The Morgan fingerprint density at radius 2 is 1.83 bits per heavy atom. The maximum Gasteiger partial charge on any atom is 0.339 e. The third-order valence-electron chi connectivity index (χ3n) is 3.40. The molecule has 2 aromatic carbocycles. The van der Waals surface area contributed by atoms with Gasteiger partial charge in [-0.2, -0.15) is 0 Å². The second kappa shape index (κ2) is 7.51. The molecule has 0 atom stereocenters. The lowest BCUT2D eigenvalue weighted by atomic mass is 10.2. The summed E-state index contributed by atoms with van der Waals surface area (Å²) in [7, 11) is 0. The number of thiophene rings is 1. The number of fused-ring (bicyclic) bond motifs is 1. The van der Waals surface area contributed by atoms with Gasteiger partial charge in [0.05, 0.1) is 11.3 Å². The number of carbonyl (C=O) groups is 2. The van der Waals surface area contributed by atoms with Crippen LogP contribution in [0.5, 0.6) is 0 Å². The zero-order chi connectivity index (χ0) is 16.9. The molecular weight excluding hydrogens is 342 g/mol. The molecule has 0 radical (unpaired) electrons. The van der Waals surface area contributed by atoms with E-state index >= 15 is 0 Å². The van der Waals surface area contributed by atoms with Crippen LogP contribution in [-0.4, -0.2) is 17.6 Å². The minimum Gasteiger partial charge on any atom is -0.457 e. The number of rotatable bonds is 6. The van der Waals surface area contributed by atoms with Crippen LogP contribution in [0.3, 0.4) is 0 Å². The molecule has 0 bridgehead atoms. The second-order valence-electron chi connectivity index (χ2n) is 5.08. The van der Waals surface area contributed by atoms with E-state index in [1.54, 1.807) is 29.5 Å². The molecule has 6 heteroatoms. The summed E-state index contributed by atoms with van der Waals surface area (Å²) in [4.78, 5) is 24.0. The predicted octanol–water partition coefficient (Wildman–Crippen LogP) is 3.84. The molecule has 0 unspecified atom stereocenters. The van der Waals surface area contributed by atoms with Crippen molar-refractivity contribution in [2.45, 2.75) is 11.5 Å². The van der Waals surface area contributed by atoms with Crippen molar-refractivity contribution < 1.29 is 14.3 Å². The van der Waals surface area contributed by atoms with E-state index in [0.717, 1.165) is 10.9 Å². The van der Waals surface area contributed by atoms with Crippen molar-refractivity contribution in [3.63, 3.8) is 0 Å². The van der Waals surface area contributed by atoms with Crippen LogP contribution in [0.2, 0.25) is 0 Å². The normalized spacial score (nSPS) is 10.7. The van der Waals surface area contributed by atoms with Gasteiger partial charge in [0.1, 0.15) is 6.61 Å². The summed E-state index contributed by atoms with van der Waals surface area (Å²) in [6.45, 7) is 0.220. The molecule has 24 heavy (non-hydrogen) atoms. The van der Waals surface area contributed by atoms with E-state index in [9.17, 15) is 9.59 Å². The Morgan fingerprint density at radius 1 is 1.08 bits per heavy atom. The van der Waals surface area contributed by atoms with Crippen LogP contribution >= 0.6 is 23.1 Å². The van der Waals surface area contributed by atoms with E-state index in [2.05, 4.69) is 0 Å². The van der Waals surface area contributed by atoms with Crippen molar-refractivity contribution >= 4 is 45.1 Å². The Hall–Kier alpha value is -2.31. The number of amides is 1. The molecule has 0 aliphatic rings. The van der Waals surface area contributed by atoms with Crippen molar-refractivity contribution in [2.24, 2.45) is 5.73 Å². The first kappa shape index (κ1) is 16.5. The second-order valence-corrected chi connectivity index (χ2v) is 7.01. The minimum atomic E-state index is -0.423. The van der Waals surface area contributed by atoms with Crippen LogP contribution in [0, 0.1) is 0 Å². The van der Waals surface area contributed by atoms with E-state index < -0.39 is 11.9 Å². The van der Waals surface area contributed by atoms with Gasteiger partial charge in [-0.1, -0.05) is 30.3 Å². The summed E-state index contributed by atoms with van der Waals surface area (Å²) < 4.78 is 6.63. The Kier molecular flexibility index (Phi) is 5.17. The van der Waals surface area contributed by atoms with Crippen LogP contribution in [0.4, 0.5) is 0 Å². The van der Waals surface area contributed by atoms with Crippen molar-refractivity contribution in [1.82, 2.24) is 0 Å². The average Bonchev–Trinajstić information content (AvgIpc) is 3.01. The smallest absolute Gasteiger partial charge is 0.339 e. The van der Waals surface area contributed by atoms with E-state index in [-0.39, 0.29) is 12.4 Å². The summed E-state index contributed by atoms with van der Waals surface area (Å²) in [6.07, 6.45) is 0. The molecule has 0 fully saturated rings. The first-order chi connectivity index (χ1) is 11.6. The van der Waals surface area contributed by atoms with Crippen LogP contribution in [0.15, 0.2) is 58.8 Å². The molecule has 0 saturated heterocycles. The van der Waals surface area contributed by atoms with Gasteiger partial charge >= 0.3 is 5.97 Å². The Labute approximate surface area is 147 Å². The molecule has 1 aromatic heterocycles. The lowest BCUT2D eigenvalue weighted by molar-refractivity contribution is -0.115. The number of benzene rings is 2. The molecule has 0 aliphatic carbocycles. The SMILES string of the molecule is NC(=O)CSc1ccccc1C(=O)OCc1csc2ccccc12. The number of carbonyl (C=O) groups excluding carboxylic acids is 2. The zero-order valence-electron chi connectivity index (χ0n) is 12.7. The molecule has 0 spiro atoms. The number of hydrogen-bond acceptors (Lipinski definition) is 5. The van der Waals surface area contributed by atoms with Gasteiger partial charge in [-0.15, -0.1) is 23.1 Å². The average molecular weight is 357 g/mol. The topological polar surface area (TPSA) is 69.4 Å². The highest BCUT2D eigenvalue weighted by atomic mass is 32.2. The number of thioether (sulfide) groups is 1. The minimum absolute atomic E-state index is 0.124. The number of esters is 1. The Balaban J connectivity index is 1.72. The van der Waals surface area contributed by atoms with E-state index in [4.69, 9.17) is 10.5 Å². The lowest BCUT2D eigenvalue weighted by Crippen LogP contribution is -2.13. The lowest BCUT2D eigenvalue weighted by Gasteiger charge is -2.08. The van der Waals surface area contributed by atoms with Gasteiger partial charge in [-0.25, -0.2) is 4.79 Å². The maximum absolute atomic E-state index is 12.4. The van der Waals surface area contributed by atoms with Gasteiger partial charge < -0.3 is 10.5 Å². The number of hydrogen-bond donors (Lipinski definition) is 1. The van der Waals surface area contributed by atoms with E-state index in [1.807, 2.05) is 35.7 Å². The molecule has 0 aliphatic heterocycles. The van der Waals surface area contributed by atoms with Gasteiger partial charge in [-0.3, -0.25) is 4.79 Å². The summed E-state index contributed by atoms with van der Waals surface area (Å²) in [5.74, 6) is -0.704. The molecule has 3 aromatic rings. The number of ether oxygens (including phenoxy) is 1. The van der Waals surface area contributed by atoms with Crippen molar-refractivity contribution in [2.75, 3.05) is 5.75 Å². The van der Waals surface area contributed by atoms with E-state index in [0.29, 0.717) is 10.5 Å². The summed E-state index contributed by atoms with van der Waals surface area (Å²) in [6, 6.07) is 15.1. The van der Waals surface area contributed by atoms with Gasteiger partial charge in [0, 0.05) is 15.2 Å². The van der Waals surface area contributed by atoms with Gasteiger partial charge in [0.15, 0.2) is 0 Å². The van der Waals surface area contributed by atoms with Crippen molar-refractivity contribution in [3.05, 3.63) is 65.0 Å². The maximum atomic E-state index is 12.4. The fourth-order valence-corrected chi connectivity index (χ4v) is 4.00. The first-order valence-electron chi connectivity index (χ1n) is 7.27. The summed E-state index contributed by atoms with van der Waals surface area (Å²) >= 11 is 2.87. The molecule has 2 N–H and O–H groups in total. The van der Waals surface area contributed by atoms with Crippen LogP contribution < -0.4 is 5.73 Å². The Morgan fingerprint density at radius 3 is 2.67 bits per heavy atom. The molecular formula is C18H15NO3S2. The molecule has 1 heterocycles. The predicted molar refractivity (Wildman–Crippen MR) is 97.3 cm³/mol. The third-order valence-corrected chi connectivity index (χ3v) is 5.50.